The highest BCUT2D eigenvalue weighted by molar-refractivity contribution is 5.97. The fourth-order valence-electron chi connectivity index (χ4n) is 11.0. The van der Waals surface area contributed by atoms with E-state index in [0.717, 1.165) is 69.6 Å². The van der Waals surface area contributed by atoms with Gasteiger partial charge in [0.25, 0.3) is 11.8 Å². The molecule has 0 unspecified atom stereocenters. The Balaban J connectivity index is 1.11. The van der Waals surface area contributed by atoms with Gasteiger partial charge in [0.1, 0.15) is 18.1 Å². The van der Waals surface area contributed by atoms with E-state index >= 15 is 0 Å². The number of fused-ring (bicyclic) bond motifs is 6. The SMILES string of the molecule is CCn1c(-c2cccnc2[C@H](C)OC)c2c3cc(ccc31)-c1cccc(c1)C[C@H](NC(=O)[C@H](C(C)C)N(C)C(=O)[C@@H]1CCN(C(=O)C#CC(C)(C)N3CCC3)C1)C(=O)N1CCC[C@H](N1)C(=O)OCC(C)(C)C2. The molecule has 0 radical (unpaired) electrons. The van der Waals surface area contributed by atoms with Crippen molar-refractivity contribution in [2.24, 2.45) is 17.3 Å². The maximum atomic E-state index is 14.8. The quantitative estimate of drug-likeness (QED) is 0.132. The number of ether oxygens (including phenoxy) is 2. The number of hydrogen-bond acceptors (Lipinski definition) is 10. The van der Waals surface area contributed by atoms with Crippen LogP contribution in [-0.4, -0.2) is 136 Å². The highest BCUT2D eigenvalue weighted by Crippen LogP contribution is 2.42. The number of likely N-dealkylation sites (tertiary alicyclic amines) is 2. The molecule has 6 bridgehead atoms. The van der Waals surface area contributed by atoms with Crippen molar-refractivity contribution in [1.82, 2.24) is 40.0 Å². The van der Waals surface area contributed by atoms with Gasteiger partial charge >= 0.3 is 5.97 Å². The number of aryl methyl sites for hydroxylation is 1. The van der Waals surface area contributed by atoms with Gasteiger partial charge in [0, 0.05) is 87.9 Å². The second kappa shape index (κ2) is 21.6. The zero-order valence-electron chi connectivity index (χ0n) is 44.0. The first kappa shape index (κ1) is 52.2. The average molecular weight is 983 g/mol. The lowest BCUT2D eigenvalue weighted by molar-refractivity contribution is -0.155. The highest BCUT2D eigenvalue weighted by atomic mass is 16.5. The first-order valence-corrected chi connectivity index (χ1v) is 25.9. The number of carbonyl (C=O) groups is 5. The third-order valence-electron chi connectivity index (χ3n) is 15.2. The molecule has 4 aromatic rings. The fraction of sp³-hybridized carbons (Fsp3) is 0.544. The first-order valence-electron chi connectivity index (χ1n) is 25.9. The molecule has 4 aliphatic rings. The molecule has 5 atom stereocenters. The molecule has 0 saturated carbocycles. The number of carbonyl (C=O) groups excluding carboxylic acids is 5. The van der Waals surface area contributed by atoms with Crippen LogP contribution in [0.2, 0.25) is 0 Å². The molecule has 4 aliphatic heterocycles. The molecule has 6 heterocycles. The van der Waals surface area contributed by atoms with E-state index in [2.05, 4.69) is 89.2 Å². The average Bonchev–Trinajstić information content (AvgIpc) is 3.96. The Kier molecular flexibility index (Phi) is 15.6. The van der Waals surface area contributed by atoms with E-state index < -0.39 is 52.8 Å². The van der Waals surface area contributed by atoms with Crippen LogP contribution in [0, 0.1) is 29.1 Å². The number of aromatic nitrogens is 2. The molecular formula is C57H74N8O7. The maximum Gasteiger partial charge on any atom is 0.324 e. The minimum Gasteiger partial charge on any atom is -0.464 e. The molecule has 0 spiro atoms. The molecule has 384 valence electrons. The van der Waals surface area contributed by atoms with E-state index in [9.17, 15) is 24.0 Å². The van der Waals surface area contributed by atoms with Gasteiger partial charge in [0.15, 0.2) is 0 Å². The Morgan fingerprint density at radius 1 is 1.00 bits per heavy atom. The summed E-state index contributed by atoms with van der Waals surface area (Å²) in [6.07, 6.45) is 4.86. The van der Waals surface area contributed by atoms with Crippen molar-refractivity contribution in [1.29, 1.82) is 0 Å². The topological polar surface area (TPSA) is 159 Å². The molecule has 3 saturated heterocycles. The van der Waals surface area contributed by atoms with Gasteiger partial charge in [-0.2, -0.15) is 0 Å². The predicted octanol–water partition coefficient (Wildman–Crippen LogP) is 6.57. The van der Waals surface area contributed by atoms with Crippen molar-refractivity contribution in [2.75, 3.05) is 53.5 Å². The summed E-state index contributed by atoms with van der Waals surface area (Å²) >= 11 is 0. The van der Waals surface area contributed by atoms with Gasteiger partial charge in [-0.25, -0.2) is 5.43 Å². The summed E-state index contributed by atoms with van der Waals surface area (Å²) in [5.74, 6) is 3.28. The summed E-state index contributed by atoms with van der Waals surface area (Å²) < 4.78 is 14.3. The molecule has 0 aliphatic carbocycles. The van der Waals surface area contributed by atoms with Crippen LogP contribution in [0.3, 0.4) is 0 Å². The molecule has 2 aromatic heterocycles. The van der Waals surface area contributed by atoms with Crippen molar-refractivity contribution in [3.8, 4) is 34.2 Å². The minimum atomic E-state index is -1.06. The number of amides is 4. The third kappa shape index (κ3) is 11.0. The van der Waals surface area contributed by atoms with Gasteiger partial charge in [-0.3, -0.25) is 38.9 Å². The van der Waals surface area contributed by atoms with Crippen LogP contribution in [0.4, 0.5) is 0 Å². The zero-order chi connectivity index (χ0) is 51.6. The van der Waals surface area contributed by atoms with Gasteiger partial charge in [-0.05, 0) is 118 Å². The van der Waals surface area contributed by atoms with E-state index in [0.29, 0.717) is 45.3 Å². The molecular weight excluding hydrogens is 909 g/mol. The Morgan fingerprint density at radius 3 is 2.47 bits per heavy atom. The normalized spacial score (nSPS) is 21.5. The number of cyclic esters (lactones) is 1. The smallest absolute Gasteiger partial charge is 0.324 e. The molecule has 72 heavy (non-hydrogen) atoms. The van der Waals surface area contributed by atoms with Crippen LogP contribution in [-0.2, 0) is 52.8 Å². The molecule has 2 N–H and O–H groups in total. The van der Waals surface area contributed by atoms with E-state index in [1.807, 2.05) is 52.8 Å². The number of esters is 1. The van der Waals surface area contributed by atoms with Gasteiger partial charge in [-0.1, -0.05) is 63.9 Å². The molecule has 15 heteroatoms. The van der Waals surface area contributed by atoms with Crippen LogP contribution >= 0.6 is 0 Å². The van der Waals surface area contributed by atoms with Crippen LogP contribution in [0.25, 0.3) is 33.3 Å². The number of nitrogens with zero attached hydrogens (tertiary/aromatic N) is 6. The largest absolute Gasteiger partial charge is 0.464 e. The molecule has 8 rings (SSSR count). The Morgan fingerprint density at radius 2 is 1.76 bits per heavy atom. The zero-order valence-corrected chi connectivity index (χ0v) is 44.0. The third-order valence-corrected chi connectivity index (χ3v) is 15.2. The van der Waals surface area contributed by atoms with Crippen molar-refractivity contribution < 1.29 is 33.4 Å². The first-order chi connectivity index (χ1) is 34.3. The minimum absolute atomic E-state index is 0.133. The standard InChI is InChI=1S/C57H74N8O7/c1-11-64-47-21-20-40-32-43(47)44(51(64)42-18-13-25-58-49(42)37(4)71-10)33-56(5,6)35-72-55(70)45-19-14-28-65(60-45)54(69)46(31-38-16-12-17-39(40)30-38)59-52(67)50(36(2)3)61(9)53(68)41-23-29-62(34-41)48(66)22-24-57(7,8)63-26-15-27-63/h12-13,16-18,20-21,25,30,32,36-37,41,45-46,50,60H,11,14-15,19,23,26-29,31,33-35H2,1-10H3,(H,59,67)/t37-,41+,45-,46-,50-/m0/s1. The summed E-state index contributed by atoms with van der Waals surface area (Å²) in [5.41, 5.74) is 10.1. The number of benzene rings is 2. The van der Waals surface area contributed by atoms with E-state index in [1.165, 1.54) is 9.91 Å². The van der Waals surface area contributed by atoms with Crippen LogP contribution < -0.4 is 10.7 Å². The molecule has 2 aromatic carbocycles. The number of hydrazine groups is 1. The lowest BCUT2D eigenvalue weighted by atomic mass is 9.84. The van der Waals surface area contributed by atoms with E-state index in [-0.39, 0.29) is 43.4 Å². The van der Waals surface area contributed by atoms with Gasteiger partial charge in [0.2, 0.25) is 11.8 Å². The van der Waals surface area contributed by atoms with Gasteiger partial charge < -0.3 is 29.2 Å². The number of likely N-dealkylation sites (N-methyl/N-ethyl adjacent to an activating group) is 1. The number of rotatable bonds is 10. The van der Waals surface area contributed by atoms with Crippen LogP contribution in [0.15, 0.2) is 60.8 Å². The number of hydrogen-bond donors (Lipinski definition) is 2. The summed E-state index contributed by atoms with van der Waals surface area (Å²) in [6.45, 7) is 19.8. The van der Waals surface area contributed by atoms with E-state index in [1.54, 1.807) is 25.3 Å². The predicted molar refractivity (Wildman–Crippen MR) is 278 cm³/mol. The van der Waals surface area contributed by atoms with Crippen molar-refractivity contribution in [3.05, 3.63) is 77.6 Å². The summed E-state index contributed by atoms with van der Waals surface area (Å²) in [6, 6.07) is 15.9. The number of nitrogens with one attached hydrogen (secondary N) is 2. The van der Waals surface area contributed by atoms with Crippen LogP contribution in [0.5, 0.6) is 0 Å². The second-order valence-electron chi connectivity index (χ2n) is 21.9. The highest BCUT2D eigenvalue weighted by Gasteiger charge is 2.41. The van der Waals surface area contributed by atoms with Crippen molar-refractivity contribution in [3.63, 3.8) is 0 Å². The Hall–Kier alpha value is -6.08. The Bertz CT molecular complexity index is 2770. The number of pyridine rings is 1. The number of methoxy groups -OCH3 is 1. The fourth-order valence-corrected chi connectivity index (χ4v) is 11.0. The lowest BCUT2D eigenvalue weighted by Crippen LogP contribution is -2.62. The van der Waals surface area contributed by atoms with Crippen molar-refractivity contribution >= 4 is 40.5 Å². The monoisotopic (exact) mass is 983 g/mol. The summed E-state index contributed by atoms with van der Waals surface area (Å²) in [5, 5.41) is 5.61. The Labute approximate surface area is 425 Å². The van der Waals surface area contributed by atoms with Gasteiger partial charge in [-0.15, -0.1) is 0 Å². The summed E-state index contributed by atoms with van der Waals surface area (Å²) in [7, 11) is 3.32. The maximum absolute atomic E-state index is 14.8. The second-order valence-corrected chi connectivity index (χ2v) is 21.9. The van der Waals surface area contributed by atoms with Crippen molar-refractivity contribution in [2.45, 2.75) is 130 Å². The van der Waals surface area contributed by atoms with Gasteiger partial charge in [0.05, 0.1) is 35.6 Å². The summed E-state index contributed by atoms with van der Waals surface area (Å²) in [4.78, 5) is 81.2. The lowest BCUT2D eigenvalue weighted by Gasteiger charge is -2.41. The molecule has 15 nitrogen and oxygen atoms in total. The molecule has 3 fully saturated rings. The van der Waals surface area contributed by atoms with Crippen LogP contribution in [0.1, 0.15) is 104 Å². The van der Waals surface area contributed by atoms with E-state index in [4.69, 9.17) is 14.5 Å². The molecule has 4 amide bonds.